The summed E-state index contributed by atoms with van der Waals surface area (Å²) in [7, 11) is 1.58. The van der Waals surface area contributed by atoms with Crippen LogP contribution in [0, 0.1) is 0 Å². The number of anilines is 1. The summed E-state index contributed by atoms with van der Waals surface area (Å²) in [6.45, 7) is 0.767. The average molecular weight is 279 g/mol. The minimum atomic E-state index is -0.527. The third kappa shape index (κ3) is 5.71. The van der Waals surface area contributed by atoms with Gasteiger partial charge in [-0.3, -0.25) is 9.59 Å². The zero-order chi connectivity index (χ0) is 15.0. The molecule has 0 radical (unpaired) electrons. The van der Waals surface area contributed by atoms with Gasteiger partial charge in [0.2, 0.25) is 11.8 Å². The number of rotatable bonds is 8. The van der Waals surface area contributed by atoms with E-state index in [9.17, 15) is 9.59 Å². The Bertz CT molecular complexity index is 445. The maximum absolute atomic E-state index is 12.1. The Morgan fingerprint density at radius 3 is 2.45 bits per heavy atom. The molecule has 0 aliphatic heterocycles. The molecule has 0 aromatic heterocycles. The molecule has 0 bridgehead atoms. The molecule has 110 valence electrons. The minimum absolute atomic E-state index is 0.0871. The molecule has 20 heavy (non-hydrogen) atoms. The van der Waals surface area contributed by atoms with Gasteiger partial charge in [-0.25, -0.2) is 0 Å². The minimum Gasteiger partial charge on any atom is -0.399 e. The van der Waals surface area contributed by atoms with E-state index in [1.165, 1.54) is 4.90 Å². The van der Waals surface area contributed by atoms with Crippen LogP contribution in [0.25, 0.3) is 0 Å². The molecular formula is C14H21N3O3. The van der Waals surface area contributed by atoms with Gasteiger partial charge in [-0.1, -0.05) is 12.1 Å². The Kier molecular flexibility index (Phi) is 6.52. The van der Waals surface area contributed by atoms with E-state index in [1.807, 2.05) is 12.1 Å². The fraction of sp³-hybridized carbons (Fsp3) is 0.429. The Hall–Kier alpha value is -2.08. The van der Waals surface area contributed by atoms with Crippen molar-refractivity contribution in [1.82, 2.24) is 4.90 Å². The van der Waals surface area contributed by atoms with E-state index in [0.29, 0.717) is 31.7 Å². The Labute approximate surface area is 118 Å². The number of hydrogen-bond donors (Lipinski definition) is 2. The topological polar surface area (TPSA) is 98.6 Å². The number of methoxy groups -OCH3 is 1. The third-order valence-electron chi connectivity index (χ3n) is 2.79. The third-order valence-corrected chi connectivity index (χ3v) is 2.79. The molecule has 4 N–H and O–H groups in total. The van der Waals surface area contributed by atoms with Gasteiger partial charge in [-0.15, -0.1) is 0 Å². The summed E-state index contributed by atoms with van der Waals surface area (Å²) in [4.78, 5) is 24.6. The molecule has 1 aromatic rings. The molecule has 0 heterocycles. The average Bonchev–Trinajstić information content (AvgIpc) is 2.40. The second-order valence-electron chi connectivity index (χ2n) is 4.55. The lowest BCUT2D eigenvalue weighted by Gasteiger charge is -2.21. The number of nitrogen functional groups attached to an aromatic ring is 1. The first kappa shape index (κ1) is 16.0. The molecule has 0 saturated carbocycles. The van der Waals surface area contributed by atoms with Crippen molar-refractivity contribution in [2.24, 2.45) is 5.73 Å². The molecule has 6 heteroatoms. The lowest BCUT2D eigenvalue weighted by molar-refractivity contribution is -0.136. The molecule has 0 unspecified atom stereocenters. The van der Waals surface area contributed by atoms with Crippen molar-refractivity contribution < 1.29 is 14.3 Å². The molecule has 1 aromatic carbocycles. The lowest BCUT2D eigenvalue weighted by atomic mass is 10.2. The second-order valence-corrected chi connectivity index (χ2v) is 4.55. The van der Waals surface area contributed by atoms with Gasteiger partial charge >= 0.3 is 0 Å². The predicted octanol–water partition coefficient (Wildman–Crippen LogP) is 0.509. The smallest absolute Gasteiger partial charge is 0.237 e. The molecule has 6 nitrogen and oxygen atoms in total. The van der Waals surface area contributed by atoms with Crippen molar-refractivity contribution in [3.05, 3.63) is 29.8 Å². The maximum Gasteiger partial charge on any atom is 0.237 e. The summed E-state index contributed by atoms with van der Waals surface area (Å²) in [5.41, 5.74) is 12.4. The van der Waals surface area contributed by atoms with Crippen LogP contribution in [0.3, 0.4) is 0 Å². The van der Waals surface area contributed by atoms with Crippen LogP contribution in [-0.4, -0.2) is 37.0 Å². The summed E-state index contributed by atoms with van der Waals surface area (Å²) in [6, 6.07) is 7.16. The summed E-state index contributed by atoms with van der Waals surface area (Å²) < 4.78 is 4.91. The highest BCUT2D eigenvalue weighted by Crippen LogP contribution is 2.10. The number of hydrogen-bond acceptors (Lipinski definition) is 4. The van der Waals surface area contributed by atoms with Gasteiger partial charge in [0.15, 0.2) is 0 Å². The van der Waals surface area contributed by atoms with Crippen LogP contribution in [0.5, 0.6) is 0 Å². The Morgan fingerprint density at radius 1 is 1.25 bits per heavy atom. The quantitative estimate of drug-likeness (QED) is 0.535. The van der Waals surface area contributed by atoms with E-state index < -0.39 is 5.91 Å². The molecule has 2 amide bonds. The number of nitrogens with zero attached hydrogens (tertiary/aromatic N) is 1. The normalized spacial score (nSPS) is 10.2. The molecule has 0 fully saturated rings. The van der Waals surface area contributed by atoms with E-state index in [2.05, 4.69) is 0 Å². The summed E-state index contributed by atoms with van der Waals surface area (Å²) in [5, 5.41) is 0. The van der Waals surface area contributed by atoms with Crippen molar-refractivity contribution in [2.75, 3.05) is 26.0 Å². The first-order chi connectivity index (χ1) is 9.52. The highest BCUT2D eigenvalue weighted by atomic mass is 16.5. The van der Waals surface area contributed by atoms with Crippen LogP contribution in [-0.2, 0) is 20.9 Å². The maximum atomic E-state index is 12.1. The molecule has 0 spiro atoms. The zero-order valence-electron chi connectivity index (χ0n) is 11.7. The van der Waals surface area contributed by atoms with Gasteiger partial charge in [-0.2, -0.15) is 0 Å². The molecule has 0 aliphatic carbocycles. The first-order valence-electron chi connectivity index (χ1n) is 6.42. The van der Waals surface area contributed by atoms with Crippen LogP contribution < -0.4 is 11.5 Å². The molecular weight excluding hydrogens is 258 g/mol. The standard InChI is InChI=1S/C14H21N3O3/c1-20-8-2-3-14(19)17(10-13(16)18)9-11-4-6-12(15)7-5-11/h4-7H,2-3,8-10,15H2,1H3,(H2,16,18). The summed E-state index contributed by atoms with van der Waals surface area (Å²) in [5.74, 6) is -0.641. The van der Waals surface area contributed by atoms with Gasteiger partial charge in [0.05, 0.1) is 6.54 Å². The first-order valence-corrected chi connectivity index (χ1v) is 6.42. The van der Waals surface area contributed by atoms with Crippen molar-refractivity contribution in [3.63, 3.8) is 0 Å². The molecule has 0 atom stereocenters. The van der Waals surface area contributed by atoms with Gasteiger partial charge in [0.1, 0.15) is 0 Å². The zero-order valence-corrected chi connectivity index (χ0v) is 11.7. The van der Waals surface area contributed by atoms with Crippen molar-refractivity contribution in [2.45, 2.75) is 19.4 Å². The van der Waals surface area contributed by atoms with Crippen LogP contribution >= 0.6 is 0 Å². The SMILES string of the molecule is COCCCC(=O)N(CC(N)=O)Cc1ccc(N)cc1. The van der Waals surface area contributed by atoms with E-state index in [-0.39, 0.29) is 12.5 Å². The highest BCUT2D eigenvalue weighted by Gasteiger charge is 2.15. The number of primary amides is 1. The summed E-state index contributed by atoms with van der Waals surface area (Å²) >= 11 is 0. The van der Waals surface area contributed by atoms with Crippen LogP contribution in [0.4, 0.5) is 5.69 Å². The van der Waals surface area contributed by atoms with Crippen molar-refractivity contribution in [3.8, 4) is 0 Å². The van der Waals surface area contributed by atoms with E-state index >= 15 is 0 Å². The number of carbonyl (C=O) groups excluding carboxylic acids is 2. The van der Waals surface area contributed by atoms with E-state index in [1.54, 1.807) is 19.2 Å². The number of carbonyl (C=O) groups is 2. The van der Waals surface area contributed by atoms with Crippen molar-refractivity contribution >= 4 is 17.5 Å². The van der Waals surface area contributed by atoms with E-state index in [4.69, 9.17) is 16.2 Å². The van der Waals surface area contributed by atoms with Crippen LogP contribution in [0.1, 0.15) is 18.4 Å². The van der Waals surface area contributed by atoms with Gasteiger partial charge < -0.3 is 21.1 Å². The predicted molar refractivity (Wildman–Crippen MR) is 76.6 cm³/mol. The molecule has 0 aliphatic rings. The Balaban J connectivity index is 2.65. The number of ether oxygens (including phenoxy) is 1. The fourth-order valence-corrected chi connectivity index (χ4v) is 1.79. The lowest BCUT2D eigenvalue weighted by Crippen LogP contribution is -2.38. The van der Waals surface area contributed by atoms with Crippen LogP contribution in [0.2, 0.25) is 0 Å². The molecule has 1 rings (SSSR count). The number of benzene rings is 1. The van der Waals surface area contributed by atoms with Gasteiger partial charge in [0.25, 0.3) is 0 Å². The second kappa shape index (κ2) is 8.16. The number of amides is 2. The van der Waals surface area contributed by atoms with Gasteiger partial charge in [0, 0.05) is 32.4 Å². The van der Waals surface area contributed by atoms with Crippen LogP contribution in [0.15, 0.2) is 24.3 Å². The fourth-order valence-electron chi connectivity index (χ4n) is 1.79. The molecule has 0 saturated heterocycles. The Morgan fingerprint density at radius 2 is 1.90 bits per heavy atom. The van der Waals surface area contributed by atoms with Gasteiger partial charge in [-0.05, 0) is 24.1 Å². The monoisotopic (exact) mass is 279 g/mol. The summed E-state index contributed by atoms with van der Waals surface area (Å²) in [6.07, 6.45) is 0.947. The largest absolute Gasteiger partial charge is 0.399 e. The van der Waals surface area contributed by atoms with Crippen molar-refractivity contribution in [1.29, 1.82) is 0 Å². The number of nitrogens with two attached hydrogens (primary N) is 2. The van der Waals surface area contributed by atoms with E-state index in [0.717, 1.165) is 5.56 Å². The highest BCUT2D eigenvalue weighted by molar-refractivity contribution is 5.83.